The normalized spacial score (nSPS) is 16.0. The van der Waals surface area contributed by atoms with Crippen molar-refractivity contribution in [1.29, 1.82) is 0 Å². The molecule has 2 aromatic rings. The summed E-state index contributed by atoms with van der Waals surface area (Å²) < 4.78 is 18.2. The summed E-state index contributed by atoms with van der Waals surface area (Å²) in [7, 11) is 1.57. The van der Waals surface area contributed by atoms with Gasteiger partial charge in [-0.2, -0.15) is 0 Å². The molecular weight excluding hydrogens is 365 g/mol. The number of benzene rings is 2. The highest BCUT2D eigenvalue weighted by Crippen LogP contribution is 2.34. The Hall–Kier alpha value is -2.31. The summed E-state index contributed by atoms with van der Waals surface area (Å²) in [4.78, 5) is 26.1. The Balaban J connectivity index is 1.80. The van der Waals surface area contributed by atoms with Crippen molar-refractivity contribution in [2.75, 3.05) is 7.11 Å². The van der Waals surface area contributed by atoms with Gasteiger partial charge in [0, 0.05) is 5.02 Å². The third-order valence-electron chi connectivity index (χ3n) is 3.63. The van der Waals surface area contributed by atoms with Crippen LogP contribution < -0.4 is 4.74 Å². The highest BCUT2D eigenvalue weighted by Gasteiger charge is 2.35. The summed E-state index contributed by atoms with van der Waals surface area (Å²) in [5.74, 6) is -0.162. The molecule has 4 nitrogen and oxygen atoms in total. The molecule has 3 rings (SSSR count). The number of methoxy groups -OCH3 is 1. The van der Waals surface area contributed by atoms with Gasteiger partial charge < -0.3 is 4.74 Å². The SMILES string of the molecule is COc1ccc(/C=C2\SC(=O)N(Cc3ccc(F)cc3Cl)C2=O)cc1. The Morgan fingerprint density at radius 1 is 1.20 bits per heavy atom. The van der Waals surface area contributed by atoms with Gasteiger partial charge in [0.15, 0.2) is 0 Å². The zero-order valence-corrected chi connectivity index (χ0v) is 14.7. The lowest BCUT2D eigenvalue weighted by Gasteiger charge is -2.13. The number of carbonyl (C=O) groups excluding carboxylic acids is 2. The minimum absolute atomic E-state index is 0.00370. The minimum Gasteiger partial charge on any atom is -0.497 e. The van der Waals surface area contributed by atoms with Gasteiger partial charge in [-0.1, -0.05) is 29.8 Å². The summed E-state index contributed by atoms with van der Waals surface area (Å²) in [5, 5.41) is -0.205. The van der Waals surface area contributed by atoms with Crippen LogP contribution in [0.1, 0.15) is 11.1 Å². The van der Waals surface area contributed by atoms with Crippen LogP contribution in [0.25, 0.3) is 6.08 Å². The molecule has 0 unspecified atom stereocenters. The van der Waals surface area contributed by atoms with Crippen molar-refractivity contribution in [3.63, 3.8) is 0 Å². The van der Waals surface area contributed by atoms with Crippen LogP contribution in [0, 0.1) is 5.82 Å². The van der Waals surface area contributed by atoms with Gasteiger partial charge in [-0.05, 0) is 53.2 Å². The number of rotatable bonds is 4. The van der Waals surface area contributed by atoms with Crippen LogP contribution in [0.3, 0.4) is 0 Å². The molecule has 2 amide bonds. The second-order valence-electron chi connectivity index (χ2n) is 5.28. The van der Waals surface area contributed by atoms with Gasteiger partial charge in [-0.3, -0.25) is 14.5 Å². The van der Waals surface area contributed by atoms with E-state index in [-0.39, 0.29) is 16.8 Å². The Kier molecular flexibility index (Phi) is 5.11. The first-order valence-electron chi connectivity index (χ1n) is 7.31. The molecule has 7 heteroatoms. The van der Waals surface area contributed by atoms with E-state index in [0.29, 0.717) is 16.2 Å². The molecule has 0 N–H and O–H groups in total. The first-order valence-corrected chi connectivity index (χ1v) is 8.51. The van der Waals surface area contributed by atoms with Crippen molar-refractivity contribution in [2.24, 2.45) is 0 Å². The molecule has 0 aliphatic carbocycles. The Bertz CT molecular complexity index is 867. The zero-order valence-electron chi connectivity index (χ0n) is 13.2. The number of hydrogen-bond acceptors (Lipinski definition) is 4. The lowest BCUT2D eigenvalue weighted by atomic mass is 10.2. The smallest absolute Gasteiger partial charge is 0.293 e. The average Bonchev–Trinajstić information content (AvgIpc) is 2.85. The second kappa shape index (κ2) is 7.29. The molecule has 0 atom stereocenters. The molecule has 0 aromatic heterocycles. The molecule has 0 bridgehead atoms. The summed E-state index contributed by atoms with van der Waals surface area (Å²) in [6.45, 7) is 0.00370. The van der Waals surface area contributed by atoms with E-state index in [4.69, 9.17) is 16.3 Å². The summed E-state index contributed by atoms with van der Waals surface area (Å²) in [6.07, 6.45) is 1.65. The summed E-state index contributed by atoms with van der Waals surface area (Å²) in [6, 6.07) is 11.0. The fraction of sp³-hybridized carbons (Fsp3) is 0.111. The van der Waals surface area contributed by atoms with Crippen molar-refractivity contribution >= 4 is 40.6 Å². The number of ether oxygens (including phenoxy) is 1. The van der Waals surface area contributed by atoms with Crippen LogP contribution in [-0.2, 0) is 11.3 Å². The molecule has 2 aromatic carbocycles. The molecule has 0 saturated carbocycles. The molecule has 1 aliphatic rings. The topological polar surface area (TPSA) is 46.6 Å². The molecule has 1 aliphatic heterocycles. The Labute approximate surface area is 153 Å². The molecule has 1 heterocycles. The van der Waals surface area contributed by atoms with Gasteiger partial charge in [0.1, 0.15) is 11.6 Å². The number of nitrogens with zero attached hydrogens (tertiary/aromatic N) is 1. The van der Waals surface area contributed by atoms with Crippen LogP contribution in [0.2, 0.25) is 5.02 Å². The lowest BCUT2D eigenvalue weighted by molar-refractivity contribution is -0.123. The first kappa shape index (κ1) is 17.5. The molecule has 1 saturated heterocycles. The summed E-state index contributed by atoms with van der Waals surface area (Å²) >= 11 is 6.84. The number of hydrogen-bond donors (Lipinski definition) is 0. The van der Waals surface area contributed by atoms with Crippen LogP contribution >= 0.6 is 23.4 Å². The van der Waals surface area contributed by atoms with Crippen molar-refractivity contribution in [2.45, 2.75) is 6.54 Å². The highest BCUT2D eigenvalue weighted by atomic mass is 35.5. The number of amides is 2. The van der Waals surface area contributed by atoms with Crippen LogP contribution in [-0.4, -0.2) is 23.2 Å². The van der Waals surface area contributed by atoms with Crippen LogP contribution in [0.15, 0.2) is 47.4 Å². The van der Waals surface area contributed by atoms with Crippen LogP contribution in [0.4, 0.5) is 9.18 Å². The average molecular weight is 378 g/mol. The predicted octanol–water partition coefficient (Wildman–Crippen LogP) is 4.72. The van der Waals surface area contributed by atoms with E-state index < -0.39 is 11.7 Å². The molecule has 0 radical (unpaired) electrons. The minimum atomic E-state index is -0.470. The maximum Gasteiger partial charge on any atom is 0.293 e. The highest BCUT2D eigenvalue weighted by molar-refractivity contribution is 8.18. The third-order valence-corrected chi connectivity index (χ3v) is 4.89. The van der Waals surface area contributed by atoms with Crippen LogP contribution in [0.5, 0.6) is 5.75 Å². The van der Waals surface area contributed by atoms with Gasteiger partial charge >= 0.3 is 0 Å². The van der Waals surface area contributed by atoms with Gasteiger partial charge in [-0.25, -0.2) is 4.39 Å². The van der Waals surface area contributed by atoms with E-state index in [1.807, 2.05) is 0 Å². The fourth-order valence-corrected chi connectivity index (χ4v) is 3.37. The predicted molar refractivity (Wildman–Crippen MR) is 95.9 cm³/mol. The van der Waals surface area contributed by atoms with Gasteiger partial charge in [0.25, 0.3) is 11.1 Å². The Morgan fingerprint density at radius 3 is 2.56 bits per heavy atom. The Morgan fingerprint density at radius 2 is 1.92 bits per heavy atom. The molecule has 128 valence electrons. The maximum atomic E-state index is 13.1. The monoisotopic (exact) mass is 377 g/mol. The van der Waals surface area contributed by atoms with E-state index in [9.17, 15) is 14.0 Å². The quantitative estimate of drug-likeness (QED) is 0.723. The van der Waals surface area contributed by atoms with Gasteiger partial charge in [0.2, 0.25) is 0 Å². The van der Waals surface area contributed by atoms with E-state index in [2.05, 4.69) is 0 Å². The number of imide groups is 1. The number of halogens is 2. The maximum absolute atomic E-state index is 13.1. The standard InChI is InChI=1S/C18H13ClFNO3S/c1-24-14-6-2-11(3-7-14)8-16-17(22)21(18(23)25-16)10-12-4-5-13(20)9-15(12)19/h2-9H,10H2,1H3/b16-8-. The molecule has 1 fully saturated rings. The second-order valence-corrected chi connectivity index (χ2v) is 6.68. The first-order chi connectivity index (χ1) is 12.0. The lowest BCUT2D eigenvalue weighted by Crippen LogP contribution is -2.27. The van der Waals surface area contributed by atoms with Crippen molar-refractivity contribution in [3.8, 4) is 5.75 Å². The largest absolute Gasteiger partial charge is 0.497 e. The third kappa shape index (κ3) is 3.86. The molecule has 25 heavy (non-hydrogen) atoms. The number of thioether (sulfide) groups is 1. The van der Waals surface area contributed by atoms with E-state index >= 15 is 0 Å². The molecular formula is C18H13ClFNO3S. The van der Waals surface area contributed by atoms with Crippen molar-refractivity contribution in [1.82, 2.24) is 4.90 Å². The van der Waals surface area contributed by atoms with E-state index in [0.717, 1.165) is 28.3 Å². The van der Waals surface area contributed by atoms with Gasteiger partial charge in [-0.15, -0.1) is 0 Å². The van der Waals surface area contributed by atoms with Crippen molar-refractivity contribution < 1.29 is 18.7 Å². The van der Waals surface area contributed by atoms with E-state index in [1.165, 1.54) is 12.1 Å². The fourth-order valence-electron chi connectivity index (χ4n) is 2.31. The number of carbonyl (C=O) groups is 2. The zero-order chi connectivity index (χ0) is 18.0. The van der Waals surface area contributed by atoms with E-state index in [1.54, 1.807) is 37.5 Å². The summed E-state index contributed by atoms with van der Waals surface area (Å²) in [5.41, 5.74) is 1.29. The van der Waals surface area contributed by atoms with Gasteiger partial charge in [0.05, 0.1) is 18.6 Å². The van der Waals surface area contributed by atoms with Crippen molar-refractivity contribution in [3.05, 3.63) is 69.3 Å². The molecule has 0 spiro atoms.